The van der Waals surface area contributed by atoms with E-state index in [1.54, 1.807) is 25.7 Å². The van der Waals surface area contributed by atoms with Crippen LogP contribution in [-0.2, 0) is 19.1 Å². The second-order valence-corrected chi connectivity index (χ2v) is 12.7. The summed E-state index contributed by atoms with van der Waals surface area (Å²) in [5.41, 5.74) is 7.40. The Labute approximate surface area is 247 Å². The average molecular weight is 575 g/mol. The van der Waals surface area contributed by atoms with E-state index in [1.165, 1.54) is 0 Å². The van der Waals surface area contributed by atoms with Crippen molar-refractivity contribution in [2.75, 3.05) is 0 Å². The summed E-state index contributed by atoms with van der Waals surface area (Å²) in [4.78, 5) is 54.6. The lowest BCUT2D eigenvalue weighted by Gasteiger charge is -2.39. The monoisotopic (exact) mass is 574 g/mol. The number of aryl methyl sites for hydroxylation is 2. The molecule has 9 heteroatoms. The van der Waals surface area contributed by atoms with Gasteiger partial charge in [0.15, 0.2) is 0 Å². The Bertz CT molecular complexity index is 1030. The molecule has 0 spiro atoms. The van der Waals surface area contributed by atoms with E-state index in [9.17, 15) is 19.2 Å². The molecule has 4 unspecified atom stereocenters. The van der Waals surface area contributed by atoms with Crippen LogP contribution in [0.4, 0.5) is 4.79 Å². The molecule has 0 aromatic heterocycles. The number of amides is 4. The van der Waals surface area contributed by atoms with Gasteiger partial charge in [0.1, 0.15) is 17.7 Å². The Morgan fingerprint density at radius 3 is 2.07 bits per heavy atom. The molecule has 4 atom stereocenters. The first kappa shape index (κ1) is 35.9. The molecular formula is C32H54N4O5. The number of ether oxygens (including phenoxy) is 1. The normalized spacial score (nSPS) is 14.5. The number of rotatable bonds is 15. The van der Waals surface area contributed by atoms with Gasteiger partial charge >= 0.3 is 6.09 Å². The fourth-order valence-electron chi connectivity index (χ4n) is 4.69. The van der Waals surface area contributed by atoms with E-state index in [2.05, 4.69) is 31.4 Å². The largest absolute Gasteiger partial charge is 0.444 e. The molecule has 0 fully saturated rings. The van der Waals surface area contributed by atoms with E-state index in [0.717, 1.165) is 30.4 Å². The van der Waals surface area contributed by atoms with E-state index in [4.69, 9.17) is 10.5 Å². The van der Waals surface area contributed by atoms with Gasteiger partial charge in [-0.3, -0.25) is 14.4 Å². The van der Waals surface area contributed by atoms with Gasteiger partial charge in [0.2, 0.25) is 17.7 Å². The van der Waals surface area contributed by atoms with Crippen molar-refractivity contribution in [2.45, 2.75) is 138 Å². The van der Waals surface area contributed by atoms with Crippen LogP contribution in [0.3, 0.4) is 0 Å². The third-order valence-corrected chi connectivity index (χ3v) is 7.04. The van der Waals surface area contributed by atoms with Crippen LogP contribution in [0.5, 0.6) is 0 Å². The minimum atomic E-state index is -1.12. The third kappa shape index (κ3) is 12.5. The molecular weight excluding hydrogens is 520 g/mol. The maximum Gasteiger partial charge on any atom is 0.408 e. The first-order chi connectivity index (χ1) is 19.0. The van der Waals surface area contributed by atoms with Crippen LogP contribution >= 0.6 is 0 Å². The number of carbonyl (C=O) groups excluding carboxylic acids is 4. The lowest BCUT2D eigenvalue weighted by Crippen LogP contribution is -2.56. The van der Waals surface area contributed by atoms with Crippen molar-refractivity contribution >= 4 is 23.8 Å². The number of carbonyl (C=O) groups is 4. The van der Waals surface area contributed by atoms with Gasteiger partial charge in [-0.05, 0) is 96.8 Å². The molecule has 0 saturated carbocycles. The van der Waals surface area contributed by atoms with Crippen LogP contribution in [0.15, 0.2) is 18.2 Å². The Hall–Kier alpha value is -3.10. The number of primary amides is 1. The summed E-state index contributed by atoms with van der Waals surface area (Å²) in [5, 5.41) is 5.77. The molecule has 0 aliphatic rings. The summed E-state index contributed by atoms with van der Waals surface area (Å²) in [7, 11) is 0. The topological polar surface area (TPSA) is 131 Å². The van der Waals surface area contributed by atoms with Gasteiger partial charge in [-0.25, -0.2) is 4.79 Å². The van der Waals surface area contributed by atoms with Crippen LogP contribution in [0.2, 0.25) is 0 Å². The number of nitrogens with one attached hydrogen (secondary N) is 2. The molecule has 0 aliphatic carbocycles. The zero-order valence-corrected chi connectivity index (χ0v) is 26.9. The molecule has 0 bridgehead atoms. The maximum absolute atomic E-state index is 14.4. The van der Waals surface area contributed by atoms with Gasteiger partial charge in [-0.1, -0.05) is 45.4 Å². The number of alkyl carbamates (subject to hydrolysis) is 1. The molecule has 1 rings (SSSR count). The van der Waals surface area contributed by atoms with Crippen LogP contribution in [-0.4, -0.2) is 52.4 Å². The molecule has 1 aromatic rings. The smallest absolute Gasteiger partial charge is 0.408 e. The molecule has 4 N–H and O–H groups in total. The molecule has 0 heterocycles. The van der Waals surface area contributed by atoms with Gasteiger partial charge in [0, 0.05) is 18.5 Å². The molecule has 232 valence electrons. The van der Waals surface area contributed by atoms with Crippen LogP contribution in [0, 0.1) is 19.8 Å². The van der Waals surface area contributed by atoms with Crippen molar-refractivity contribution in [3.05, 3.63) is 34.9 Å². The Kier molecular flexibility index (Phi) is 14.3. The predicted octanol–water partition coefficient (Wildman–Crippen LogP) is 5.46. The number of nitrogens with two attached hydrogens (primary N) is 1. The fraction of sp³-hybridized carbons (Fsp3) is 0.688. The number of hydrogen-bond acceptors (Lipinski definition) is 5. The van der Waals surface area contributed by atoms with Crippen molar-refractivity contribution in [3.63, 3.8) is 0 Å². The molecule has 1 aromatic carbocycles. The van der Waals surface area contributed by atoms with Crippen LogP contribution in [0.1, 0.15) is 117 Å². The summed E-state index contributed by atoms with van der Waals surface area (Å²) in [6.45, 7) is 19.3. The molecule has 0 radical (unpaired) electrons. The predicted molar refractivity (Wildman–Crippen MR) is 163 cm³/mol. The lowest BCUT2D eigenvalue weighted by molar-refractivity contribution is -0.145. The second kappa shape index (κ2) is 16.4. The summed E-state index contributed by atoms with van der Waals surface area (Å²) in [5.74, 6) is -0.955. The van der Waals surface area contributed by atoms with Gasteiger partial charge < -0.3 is 26.0 Å². The second-order valence-electron chi connectivity index (χ2n) is 12.7. The van der Waals surface area contributed by atoms with E-state index in [1.807, 2.05) is 45.9 Å². The maximum atomic E-state index is 14.4. The van der Waals surface area contributed by atoms with E-state index in [-0.39, 0.29) is 30.8 Å². The van der Waals surface area contributed by atoms with Crippen LogP contribution in [0.25, 0.3) is 0 Å². The van der Waals surface area contributed by atoms with Gasteiger partial charge in [-0.2, -0.15) is 0 Å². The molecule has 0 aliphatic heterocycles. The summed E-state index contributed by atoms with van der Waals surface area (Å²) in [6, 6.07) is 3.28. The lowest BCUT2D eigenvalue weighted by atomic mass is 9.94. The highest BCUT2D eigenvalue weighted by molar-refractivity contribution is 5.92. The molecule has 4 amide bonds. The van der Waals surface area contributed by atoms with Crippen molar-refractivity contribution < 1.29 is 23.9 Å². The Balaban J connectivity index is 3.71. The van der Waals surface area contributed by atoms with Crippen molar-refractivity contribution in [1.29, 1.82) is 0 Å². The zero-order valence-electron chi connectivity index (χ0n) is 26.9. The molecule has 9 nitrogen and oxygen atoms in total. The van der Waals surface area contributed by atoms with Crippen molar-refractivity contribution in [1.82, 2.24) is 15.5 Å². The van der Waals surface area contributed by atoms with Gasteiger partial charge in [-0.15, -0.1) is 0 Å². The van der Waals surface area contributed by atoms with Crippen LogP contribution < -0.4 is 16.4 Å². The van der Waals surface area contributed by atoms with E-state index >= 15 is 0 Å². The highest BCUT2D eigenvalue weighted by Crippen LogP contribution is 2.29. The average Bonchev–Trinajstić information content (AvgIpc) is 2.83. The molecule has 0 saturated heterocycles. The van der Waals surface area contributed by atoms with E-state index < -0.39 is 35.6 Å². The highest BCUT2D eigenvalue weighted by Gasteiger charge is 2.39. The quantitative estimate of drug-likeness (QED) is 0.256. The first-order valence-electron chi connectivity index (χ1n) is 14.9. The van der Waals surface area contributed by atoms with Gasteiger partial charge in [0.25, 0.3) is 0 Å². The first-order valence-corrected chi connectivity index (χ1v) is 14.9. The Morgan fingerprint density at radius 1 is 0.927 bits per heavy atom. The SMILES string of the molecule is CCCC(C)NC(=O)C(c1ccc(C)c(C)c1)N(C(=O)C(CCC(N)=O)NC(=O)OC(C)(C)C)C(C)CCC(C)C. The standard InChI is InChI=1S/C32H54N4O5/c1-11-12-23(6)34-29(38)28(25-16-14-21(4)22(5)19-25)36(24(7)15-13-20(2)3)30(39)26(17-18-27(33)37)35-31(40)41-32(8,9)10/h14,16,19-20,23-24,26,28H,11-13,15,17-18H2,1-10H3,(H2,33,37)(H,34,38)(H,35,40). The zero-order chi connectivity index (χ0) is 31.5. The minimum Gasteiger partial charge on any atom is -0.444 e. The Morgan fingerprint density at radius 2 is 1.56 bits per heavy atom. The number of benzene rings is 1. The number of hydrogen-bond donors (Lipinski definition) is 3. The summed E-state index contributed by atoms with van der Waals surface area (Å²) < 4.78 is 5.43. The minimum absolute atomic E-state index is 0.0195. The van der Waals surface area contributed by atoms with Crippen molar-refractivity contribution in [2.24, 2.45) is 11.7 Å². The molecule has 41 heavy (non-hydrogen) atoms. The highest BCUT2D eigenvalue weighted by atomic mass is 16.6. The van der Waals surface area contributed by atoms with E-state index in [0.29, 0.717) is 17.9 Å². The van der Waals surface area contributed by atoms with Gasteiger partial charge in [0.05, 0.1) is 0 Å². The summed E-state index contributed by atoms with van der Waals surface area (Å²) >= 11 is 0. The number of nitrogens with zero attached hydrogens (tertiary/aromatic N) is 1. The summed E-state index contributed by atoms with van der Waals surface area (Å²) in [6.07, 6.45) is 2.27. The van der Waals surface area contributed by atoms with Crippen molar-refractivity contribution in [3.8, 4) is 0 Å². The third-order valence-electron chi connectivity index (χ3n) is 7.04. The fourth-order valence-corrected chi connectivity index (χ4v) is 4.69.